The third-order valence-corrected chi connectivity index (χ3v) is 2.62. The van der Waals surface area contributed by atoms with E-state index in [0.29, 0.717) is 0 Å². The van der Waals surface area contributed by atoms with Crippen molar-refractivity contribution in [3.63, 3.8) is 0 Å². The standard InChI is InChI=1S/2C6H9N3O2.Fe/c2*7-5(6(10)11)1-4-2-8-3-9-4;/h2*2-3,5H,1,7H2,(H,8,9)(H,10,11);/t2*5-;/m00./s1. The summed E-state index contributed by atoms with van der Waals surface area (Å²) in [5.41, 5.74) is 12.0. The average molecular weight is 366 g/mol. The molecule has 128 valence electrons. The van der Waals surface area contributed by atoms with Gasteiger partial charge in [0.2, 0.25) is 0 Å². The molecule has 0 unspecified atom stereocenters. The van der Waals surface area contributed by atoms with Crippen molar-refractivity contribution in [3.8, 4) is 0 Å². The van der Waals surface area contributed by atoms with E-state index in [4.69, 9.17) is 21.7 Å². The van der Waals surface area contributed by atoms with Crippen LogP contribution in [-0.2, 0) is 39.5 Å². The molecule has 0 amide bonds. The number of aromatic nitrogens is 4. The number of carbonyl (C=O) groups is 2. The third kappa shape index (κ3) is 8.12. The van der Waals surface area contributed by atoms with Gasteiger partial charge in [-0.25, -0.2) is 9.97 Å². The second kappa shape index (κ2) is 10.5. The maximum absolute atomic E-state index is 10.3. The molecule has 11 heteroatoms. The average Bonchev–Trinajstić information content (AvgIpc) is 3.12. The Morgan fingerprint density at radius 1 is 0.957 bits per heavy atom. The summed E-state index contributed by atoms with van der Waals surface area (Å²) in [4.78, 5) is 33.5. The Morgan fingerprint density at radius 2 is 1.30 bits per heavy atom. The molecular weight excluding hydrogens is 348 g/mol. The van der Waals surface area contributed by atoms with Gasteiger partial charge in [0.1, 0.15) is 12.1 Å². The maximum Gasteiger partial charge on any atom is 0.320 e. The van der Waals surface area contributed by atoms with E-state index < -0.39 is 24.0 Å². The van der Waals surface area contributed by atoms with E-state index in [1.807, 2.05) is 0 Å². The van der Waals surface area contributed by atoms with Crippen LogP contribution in [0.2, 0.25) is 0 Å². The molecule has 23 heavy (non-hydrogen) atoms. The summed E-state index contributed by atoms with van der Waals surface area (Å²) in [7, 11) is 0. The monoisotopic (exact) mass is 366 g/mol. The van der Waals surface area contributed by atoms with Crippen LogP contribution in [0.5, 0.6) is 0 Å². The van der Waals surface area contributed by atoms with Crippen molar-refractivity contribution < 1.29 is 36.9 Å². The zero-order chi connectivity index (χ0) is 16.5. The molecule has 0 saturated heterocycles. The number of H-pyrrole nitrogens is 2. The quantitative estimate of drug-likeness (QED) is 0.342. The van der Waals surface area contributed by atoms with Crippen molar-refractivity contribution in [2.24, 2.45) is 11.5 Å². The van der Waals surface area contributed by atoms with Gasteiger partial charge in [0, 0.05) is 53.7 Å². The molecular formula is C12H18FeN6O4. The largest absolute Gasteiger partial charge is 0.480 e. The summed E-state index contributed by atoms with van der Waals surface area (Å²) in [6.07, 6.45) is 6.67. The van der Waals surface area contributed by atoms with Crippen LogP contribution >= 0.6 is 0 Å². The predicted molar refractivity (Wildman–Crippen MR) is 75.8 cm³/mol. The zero-order valence-electron chi connectivity index (χ0n) is 12.0. The Balaban J connectivity index is 0.000000403. The Kier molecular flexibility index (Phi) is 9.51. The van der Waals surface area contributed by atoms with Crippen LogP contribution in [-0.4, -0.2) is 54.2 Å². The van der Waals surface area contributed by atoms with Gasteiger partial charge in [0.15, 0.2) is 0 Å². The van der Waals surface area contributed by atoms with Gasteiger partial charge >= 0.3 is 11.9 Å². The van der Waals surface area contributed by atoms with Crippen LogP contribution in [0.25, 0.3) is 0 Å². The molecule has 8 N–H and O–H groups in total. The molecule has 0 fully saturated rings. The normalized spacial score (nSPS) is 12.3. The topological polar surface area (TPSA) is 184 Å². The number of nitrogens with one attached hydrogen (secondary N) is 2. The summed E-state index contributed by atoms with van der Waals surface area (Å²) in [5, 5.41) is 16.8. The molecule has 0 spiro atoms. The minimum atomic E-state index is -1.00. The van der Waals surface area contributed by atoms with Crippen molar-refractivity contribution in [3.05, 3.63) is 36.4 Å². The summed E-state index contributed by atoms with van der Waals surface area (Å²) >= 11 is 0. The molecule has 2 aromatic heterocycles. The van der Waals surface area contributed by atoms with Crippen molar-refractivity contribution in [2.45, 2.75) is 24.9 Å². The SMILES string of the molecule is N[C@@H](Cc1cnc[nH]1)C(=O)O.N[C@@H](Cc1cnc[nH]1)C(=O)O.[Fe]. The summed E-state index contributed by atoms with van der Waals surface area (Å²) in [5.74, 6) is -2.00. The number of imidazole rings is 2. The maximum atomic E-state index is 10.3. The molecule has 2 heterocycles. The van der Waals surface area contributed by atoms with Gasteiger partial charge in [-0.15, -0.1) is 0 Å². The number of hydrogen-bond donors (Lipinski definition) is 6. The molecule has 10 nitrogen and oxygen atoms in total. The van der Waals surface area contributed by atoms with Gasteiger partial charge in [-0.3, -0.25) is 9.59 Å². The first kappa shape index (κ1) is 20.8. The smallest absolute Gasteiger partial charge is 0.320 e. The number of aliphatic carboxylic acids is 2. The number of carboxylic acids is 2. The Labute approximate surface area is 142 Å². The van der Waals surface area contributed by atoms with Crippen molar-refractivity contribution in [1.29, 1.82) is 0 Å². The van der Waals surface area contributed by atoms with Gasteiger partial charge in [-0.1, -0.05) is 0 Å². The van der Waals surface area contributed by atoms with E-state index in [1.165, 1.54) is 12.7 Å². The van der Waals surface area contributed by atoms with E-state index >= 15 is 0 Å². The van der Waals surface area contributed by atoms with Gasteiger partial charge in [-0.2, -0.15) is 0 Å². The molecule has 0 radical (unpaired) electrons. The van der Waals surface area contributed by atoms with E-state index in [1.54, 1.807) is 12.4 Å². The minimum Gasteiger partial charge on any atom is -0.480 e. The molecule has 0 aromatic carbocycles. The number of carboxylic acid groups (broad SMARTS) is 2. The first-order chi connectivity index (χ1) is 10.4. The van der Waals surface area contributed by atoms with Gasteiger partial charge in [0.05, 0.1) is 12.7 Å². The fraction of sp³-hybridized carbons (Fsp3) is 0.333. The molecule has 0 aliphatic heterocycles. The molecule has 2 aromatic rings. The molecule has 2 atom stereocenters. The molecule has 0 saturated carbocycles. The Hall–Kier alpha value is -2.20. The number of nitrogens with zero attached hydrogens (tertiary/aromatic N) is 2. The first-order valence-electron chi connectivity index (χ1n) is 6.31. The molecule has 0 bridgehead atoms. The number of hydrogen-bond acceptors (Lipinski definition) is 6. The van der Waals surface area contributed by atoms with Crippen molar-refractivity contribution >= 4 is 11.9 Å². The van der Waals surface area contributed by atoms with Crippen LogP contribution in [0.1, 0.15) is 11.4 Å². The van der Waals surface area contributed by atoms with E-state index in [9.17, 15) is 9.59 Å². The van der Waals surface area contributed by atoms with Crippen LogP contribution in [0, 0.1) is 0 Å². The molecule has 2 rings (SSSR count). The van der Waals surface area contributed by atoms with Gasteiger partial charge < -0.3 is 31.6 Å². The van der Waals surface area contributed by atoms with Gasteiger partial charge in [-0.05, 0) is 0 Å². The Bertz CT molecular complexity index is 522. The van der Waals surface area contributed by atoms with Crippen LogP contribution in [0.15, 0.2) is 25.0 Å². The third-order valence-electron chi connectivity index (χ3n) is 2.62. The second-order valence-corrected chi connectivity index (χ2v) is 4.45. The van der Waals surface area contributed by atoms with Crippen LogP contribution in [0.3, 0.4) is 0 Å². The van der Waals surface area contributed by atoms with Crippen molar-refractivity contribution in [2.75, 3.05) is 0 Å². The van der Waals surface area contributed by atoms with Gasteiger partial charge in [0.25, 0.3) is 0 Å². The van der Waals surface area contributed by atoms with E-state index in [2.05, 4.69) is 19.9 Å². The fourth-order valence-corrected chi connectivity index (χ4v) is 1.44. The molecule has 0 aliphatic rings. The van der Waals surface area contributed by atoms with Crippen LogP contribution < -0.4 is 11.5 Å². The summed E-state index contributed by atoms with van der Waals surface area (Å²) in [6, 6.07) is -1.70. The first-order valence-corrected chi connectivity index (χ1v) is 6.31. The zero-order valence-corrected chi connectivity index (χ0v) is 13.1. The van der Waals surface area contributed by atoms with E-state index in [0.717, 1.165) is 11.4 Å². The van der Waals surface area contributed by atoms with E-state index in [-0.39, 0.29) is 29.9 Å². The second-order valence-electron chi connectivity index (χ2n) is 4.45. The van der Waals surface area contributed by atoms with Crippen LogP contribution in [0.4, 0.5) is 0 Å². The summed E-state index contributed by atoms with van der Waals surface area (Å²) < 4.78 is 0. The summed E-state index contributed by atoms with van der Waals surface area (Å²) in [6.45, 7) is 0. The van der Waals surface area contributed by atoms with Crippen molar-refractivity contribution in [1.82, 2.24) is 19.9 Å². The fourth-order valence-electron chi connectivity index (χ4n) is 1.44. The number of nitrogens with two attached hydrogens (primary N) is 2. The molecule has 0 aliphatic carbocycles. The minimum absolute atomic E-state index is 0. The number of aromatic amines is 2. The Morgan fingerprint density at radius 3 is 1.52 bits per heavy atom. The number of rotatable bonds is 6. The predicted octanol–water partition coefficient (Wildman–Crippen LogP) is -1.27.